The highest BCUT2D eigenvalue weighted by molar-refractivity contribution is 6.02. The lowest BCUT2D eigenvalue weighted by Gasteiger charge is -2.35. The van der Waals surface area contributed by atoms with Gasteiger partial charge in [0.2, 0.25) is 11.8 Å². The van der Waals surface area contributed by atoms with E-state index in [1.165, 1.54) is 0 Å². The Kier molecular flexibility index (Phi) is 10.7. The number of carbonyl (C=O) groups excluding carboxylic acids is 5. The molecular weight excluding hydrogens is 566 g/mol. The number of benzene rings is 1. The van der Waals surface area contributed by atoms with Crippen molar-refractivity contribution < 1.29 is 33.4 Å². The Bertz CT molecular complexity index is 1380. The van der Waals surface area contributed by atoms with E-state index in [4.69, 9.17) is 9.47 Å². The molecule has 3 amide bonds. The summed E-state index contributed by atoms with van der Waals surface area (Å²) in [5.41, 5.74) is 0.287. The Labute approximate surface area is 258 Å². The maximum atomic E-state index is 13.6. The highest BCUT2D eigenvalue weighted by Gasteiger charge is 2.39. The van der Waals surface area contributed by atoms with Crippen LogP contribution in [0.2, 0.25) is 0 Å². The predicted molar refractivity (Wildman–Crippen MR) is 164 cm³/mol. The van der Waals surface area contributed by atoms with Crippen LogP contribution in [0.25, 0.3) is 10.9 Å². The number of likely N-dealkylation sites (tertiary alicyclic amines) is 1. The largest absolute Gasteiger partial charge is 0.496 e. The predicted octanol–water partition coefficient (Wildman–Crippen LogP) is 2.18. The number of amides is 3. The maximum Gasteiger partial charge on any atom is 0.312 e. The van der Waals surface area contributed by atoms with Gasteiger partial charge in [-0.2, -0.15) is 0 Å². The van der Waals surface area contributed by atoms with Gasteiger partial charge in [-0.25, -0.2) is 0 Å². The van der Waals surface area contributed by atoms with Crippen molar-refractivity contribution >= 4 is 40.4 Å². The first-order chi connectivity index (χ1) is 20.9. The fourth-order valence-electron chi connectivity index (χ4n) is 5.79. The third kappa shape index (κ3) is 7.96. The fourth-order valence-corrected chi connectivity index (χ4v) is 5.79. The summed E-state index contributed by atoms with van der Waals surface area (Å²) in [7, 11) is 3.54. The molecule has 1 aromatic carbocycles. The van der Waals surface area contributed by atoms with Crippen molar-refractivity contribution in [2.24, 2.45) is 17.3 Å². The Balaban J connectivity index is 1.46. The number of ether oxygens (including phenoxy) is 2. The SMILES string of the molecule is COc1cccc2[nH]c(C(=O)N[C@@H](CC(C)C)C(=O)N[C@@H](C[C@@H]3CCNC3=O)C(=O)COC(=O)C3(C)CCN(C)CC3)cc12. The van der Waals surface area contributed by atoms with Gasteiger partial charge >= 0.3 is 5.97 Å². The number of rotatable bonds is 13. The minimum atomic E-state index is -1.07. The summed E-state index contributed by atoms with van der Waals surface area (Å²) in [6.45, 7) is 7.18. The van der Waals surface area contributed by atoms with Crippen molar-refractivity contribution in [3.8, 4) is 5.75 Å². The zero-order chi connectivity index (χ0) is 32.0. The standard InChI is InChI=1S/C32H45N5O7/c1-19(2)15-24(36-30(41)25-17-21-22(34-25)7-6-8-27(21)43-5)29(40)35-23(16-20-9-12-33-28(20)39)26(38)18-44-31(42)32(3)10-13-37(4)14-11-32/h6-8,17,19-20,23-24,34H,9-16,18H2,1-5H3,(H,33,39)(H,35,40)(H,36,41)/t20-,23-,24-/m0/s1. The number of ketones is 1. The van der Waals surface area contributed by atoms with Gasteiger partial charge in [-0.15, -0.1) is 0 Å². The first-order valence-corrected chi connectivity index (χ1v) is 15.3. The Hall–Kier alpha value is -3.93. The van der Waals surface area contributed by atoms with Crippen molar-refractivity contribution in [2.75, 3.05) is 40.4 Å². The molecule has 2 fully saturated rings. The number of piperidine rings is 1. The monoisotopic (exact) mass is 611 g/mol. The molecule has 3 heterocycles. The number of aromatic amines is 1. The molecule has 44 heavy (non-hydrogen) atoms. The third-order valence-electron chi connectivity index (χ3n) is 8.73. The van der Waals surface area contributed by atoms with Gasteiger partial charge in [0.1, 0.15) is 17.5 Å². The molecule has 0 unspecified atom stereocenters. The molecule has 2 aliphatic rings. The number of hydrogen-bond donors (Lipinski definition) is 4. The van der Waals surface area contributed by atoms with Crippen molar-refractivity contribution in [1.82, 2.24) is 25.8 Å². The molecule has 1 aromatic heterocycles. The van der Waals surface area contributed by atoms with Crippen LogP contribution in [0.5, 0.6) is 5.75 Å². The number of hydrogen-bond acceptors (Lipinski definition) is 8. The topological polar surface area (TPSA) is 159 Å². The van der Waals surface area contributed by atoms with E-state index in [1.54, 1.807) is 19.2 Å². The molecule has 0 aliphatic carbocycles. The second-order valence-electron chi connectivity index (χ2n) is 12.7. The number of Topliss-reactive ketones (excluding diaryl/α,β-unsaturated/α-hetero) is 1. The van der Waals surface area contributed by atoms with Crippen LogP contribution in [0.15, 0.2) is 24.3 Å². The maximum absolute atomic E-state index is 13.6. The molecule has 4 rings (SSSR count). The second kappa shape index (κ2) is 14.2. The summed E-state index contributed by atoms with van der Waals surface area (Å²) >= 11 is 0. The minimum absolute atomic E-state index is 0.0415. The van der Waals surface area contributed by atoms with Crippen molar-refractivity contribution in [2.45, 2.75) is 65.0 Å². The average Bonchev–Trinajstić information content (AvgIpc) is 3.62. The average molecular weight is 612 g/mol. The van der Waals surface area contributed by atoms with E-state index in [2.05, 4.69) is 25.8 Å². The van der Waals surface area contributed by atoms with Crippen LogP contribution in [0, 0.1) is 17.3 Å². The van der Waals surface area contributed by atoms with Gasteiger partial charge in [0.25, 0.3) is 5.91 Å². The van der Waals surface area contributed by atoms with Gasteiger partial charge in [-0.05, 0) is 83.3 Å². The van der Waals surface area contributed by atoms with E-state index in [9.17, 15) is 24.0 Å². The normalized spacial score (nSPS) is 19.7. The number of carbonyl (C=O) groups is 5. The lowest BCUT2D eigenvalue weighted by Crippen LogP contribution is -2.53. The summed E-state index contributed by atoms with van der Waals surface area (Å²) in [6, 6.07) is 5.06. The summed E-state index contributed by atoms with van der Waals surface area (Å²) in [6.07, 6.45) is 2.16. The first kappa shape index (κ1) is 33.0. The molecule has 0 spiro atoms. The van der Waals surface area contributed by atoms with Crippen LogP contribution in [-0.2, 0) is 23.9 Å². The van der Waals surface area contributed by atoms with Gasteiger partial charge in [-0.1, -0.05) is 19.9 Å². The van der Waals surface area contributed by atoms with E-state index in [0.717, 1.165) is 18.5 Å². The van der Waals surface area contributed by atoms with Crippen molar-refractivity contribution in [1.29, 1.82) is 0 Å². The molecule has 3 atom stereocenters. The zero-order valence-corrected chi connectivity index (χ0v) is 26.3. The molecule has 12 heteroatoms. The second-order valence-corrected chi connectivity index (χ2v) is 12.7. The molecule has 2 aliphatic heterocycles. The van der Waals surface area contributed by atoms with Gasteiger partial charge in [0, 0.05) is 23.4 Å². The smallest absolute Gasteiger partial charge is 0.312 e. The molecular formula is C32H45N5O7. The highest BCUT2D eigenvalue weighted by atomic mass is 16.5. The van der Waals surface area contributed by atoms with Gasteiger partial charge < -0.3 is 35.3 Å². The molecule has 0 bridgehead atoms. The van der Waals surface area contributed by atoms with E-state index >= 15 is 0 Å². The van der Waals surface area contributed by atoms with Gasteiger partial charge in [0.15, 0.2) is 12.4 Å². The molecule has 240 valence electrons. The fraction of sp³-hybridized carbons (Fsp3) is 0.594. The van der Waals surface area contributed by atoms with Crippen LogP contribution in [-0.4, -0.2) is 91.8 Å². The van der Waals surface area contributed by atoms with Crippen LogP contribution in [0.3, 0.4) is 0 Å². The minimum Gasteiger partial charge on any atom is -0.496 e. The number of fused-ring (bicyclic) bond motifs is 1. The van der Waals surface area contributed by atoms with E-state index < -0.39 is 53.6 Å². The van der Waals surface area contributed by atoms with Crippen molar-refractivity contribution in [3.05, 3.63) is 30.0 Å². The summed E-state index contributed by atoms with van der Waals surface area (Å²) in [4.78, 5) is 70.9. The molecule has 0 saturated carbocycles. The van der Waals surface area contributed by atoms with E-state index in [1.807, 2.05) is 40.0 Å². The summed E-state index contributed by atoms with van der Waals surface area (Å²) < 4.78 is 10.9. The number of nitrogens with one attached hydrogen (secondary N) is 4. The Morgan fingerprint density at radius 3 is 2.48 bits per heavy atom. The Morgan fingerprint density at radius 1 is 1.11 bits per heavy atom. The number of nitrogens with zero attached hydrogens (tertiary/aromatic N) is 1. The van der Waals surface area contributed by atoms with Crippen LogP contribution >= 0.6 is 0 Å². The molecule has 4 N–H and O–H groups in total. The summed E-state index contributed by atoms with van der Waals surface area (Å²) in [5.74, 6) is -1.98. The lowest BCUT2D eigenvalue weighted by molar-refractivity contribution is -0.160. The van der Waals surface area contributed by atoms with Gasteiger partial charge in [-0.3, -0.25) is 24.0 Å². The number of H-pyrrole nitrogens is 1. The third-order valence-corrected chi connectivity index (χ3v) is 8.73. The van der Waals surface area contributed by atoms with Crippen LogP contribution in [0.1, 0.15) is 63.4 Å². The van der Waals surface area contributed by atoms with E-state index in [0.29, 0.717) is 43.5 Å². The molecule has 2 aromatic rings. The quantitative estimate of drug-likeness (QED) is 0.251. The summed E-state index contributed by atoms with van der Waals surface area (Å²) in [5, 5.41) is 9.08. The van der Waals surface area contributed by atoms with Crippen LogP contribution < -0.4 is 20.7 Å². The zero-order valence-electron chi connectivity index (χ0n) is 26.3. The molecule has 2 saturated heterocycles. The number of aromatic nitrogens is 1. The van der Waals surface area contributed by atoms with Crippen LogP contribution in [0.4, 0.5) is 0 Å². The van der Waals surface area contributed by atoms with Crippen molar-refractivity contribution in [3.63, 3.8) is 0 Å². The molecule has 0 radical (unpaired) electrons. The number of esters is 1. The highest BCUT2D eigenvalue weighted by Crippen LogP contribution is 2.32. The first-order valence-electron chi connectivity index (χ1n) is 15.3. The lowest BCUT2D eigenvalue weighted by atomic mass is 9.80. The Morgan fingerprint density at radius 2 is 1.84 bits per heavy atom. The van der Waals surface area contributed by atoms with E-state index in [-0.39, 0.29) is 23.9 Å². The number of methoxy groups -OCH3 is 1. The van der Waals surface area contributed by atoms with Gasteiger partial charge in [0.05, 0.1) is 18.6 Å². The molecule has 12 nitrogen and oxygen atoms in total.